The number of alkyl halides is 6. The molecule has 0 aliphatic carbocycles. The molecule has 0 aliphatic heterocycles. The lowest BCUT2D eigenvalue weighted by Crippen LogP contribution is -2.14. The molecule has 1 atom stereocenters. The van der Waals surface area contributed by atoms with Crippen LogP contribution in [0, 0.1) is 11.3 Å². The standard InChI is InChI=1S/C19H11F6N7S/c1-9(16-28-8-29-32(16)14-3-2-10(6-26)7-27-14)30-17-12-4-11(18(20,21)22)5-13(19(23,24)25)15(12)31-33-17/h2-5,7-9,30H,1H3. The number of fused-ring (bicyclic) bond motifs is 1. The summed E-state index contributed by atoms with van der Waals surface area (Å²) in [6.45, 7) is 1.61. The zero-order valence-corrected chi connectivity index (χ0v) is 17.2. The van der Waals surface area contributed by atoms with Crippen LogP contribution in [0.25, 0.3) is 16.7 Å². The van der Waals surface area contributed by atoms with Gasteiger partial charge in [0.15, 0.2) is 11.6 Å². The highest BCUT2D eigenvalue weighted by molar-refractivity contribution is 7.11. The molecular weight excluding hydrogens is 472 g/mol. The Balaban J connectivity index is 1.73. The predicted molar refractivity (Wildman–Crippen MR) is 106 cm³/mol. The number of pyridine rings is 1. The number of hydrogen-bond donors (Lipinski definition) is 1. The first-order valence-electron chi connectivity index (χ1n) is 9.10. The van der Waals surface area contributed by atoms with E-state index in [1.165, 1.54) is 29.3 Å². The van der Waals surface area contributed by atoms with Crippen molar-refractivity contribution in [2.45, 2.75) is 25.3 Å². The van der Waals surface area contributed by atoms with E-state index in [0.717, 1.165) is 0 Å². The lowest BCUT2D eigenvalue weighted by molar-refractivity contribution is -0.142. The molecule has 0 saturated heterocycles. The third kappa shape index (κ3) is 4.31. The molecule has 1 aromatic carbocycles. The molecule has 7 nitrogen and oxygen atoms in total. The van der Waals surface area contributed by atoms with Crippen LogP contribution in [-0.2, 0) is 12.4 Å². The summed E-state index contributed by atoms with van der Waals surface area (Å²) in [5.74, 6) is 0.611. The molecule has 4 rings (SSSR count). The van der Waals surface area contributed by atoms with E-state index in [9.17, 15) is 26.3 Å². The largest absolute Gasteiger partial charge is 0.418 e. The number of halogens is 6. The molecule has 33 heavy (non-hydrogen) atoms. The molecule has 4 aromatic rings. The Labute approximate surface area is 185 Å². The molecule has 0 spiro atoms. The van der Waals surface area contributed by atoms with Gasteiger partial charge < -0.3 is 5.32 Å². The second kappa shape index (κ2) is 8.00. The van der Waals surface area contributed by atoms with Crippen molar-refractivity contribution in [2.24, 2.45) is 0 Å². The summed E-state index contributed by atoms with van der Waals surface area (Å²) in [6.07, 6.45) is -7.44. The molecule has 3 heterocycles. The van der Waals surface area contributed by atoms with Crippen LogP contribution >= 0.6 is 11.5 Å². The fourth-order valence-corrected chi connectivity index (χ4v) is 3.95. The molecule has 1 N–H and O–H groups in total. The van der Waals surface area contributed by atoms with Crippen molar-refractivity contribution in [1.29, 1.82) is 5.26 Å². The summed E-state index contributed by atoms with van der Waals surface area (Å²) in [4.78, 5) is 8.23. The van der Waals surface area contributed by atoms with Crippen molar-refractivity contribution in [3.63, 3.8) is 0 Å². The molecule has 0 radical (unpaired) electrons. The summed E-state index contributed by atoms with van der Waals surface area (Å²) >= 11 is 0.607. The van der Waals surface area contributed by atoms with Crippen LogP contribution in [0.3, 0.4) is 0 Å². The van der Waals surface area contributed by atoms with Gasteiger partial charge in [0, 0.05) is 11.6 Å². The quantitative estimate of drug-likeness (QED) is 0.393. The van der Waals surface area contributed by atoms with Gasteiger partial charge in [-0.3, -0.25) is 0 Å². The van der Waals surface area contributed by atoms with Crippen LogP contribution in [0.4, 0.5) is 31.3 Å². The van der Waals surface area contributed by atoms with Crippen molar-refractivity contribution in [3.8, 4) is 11.9 Å². The Morgan fingerprint density at radius 3 is 2.45 bits per heavy atom. The molecule has 170 valence electrons. The first-order chi connectivity index (χ1) is 15.5. The first-order valence-corrected chi connectivity index (χ1v) is 9.87. The number of nitrogens with zero attached hydrogens (tertiary/aromatic N) is 6. The fraction of sp³-hybridized carbons (Fsp3) is 0.211. The average Bonchev–Trinajstić information content (AvgIpc) is 3.39. The molecule has 14 heteroatoms. The Bertz CT molecular complexity index is 1350. The number of nitriles is 1. The fourth-order valence-electron chi connectivity index (χ4n) is 3.09. The molecule has 3 aromatic heterocycles. The lowest BCUT2D eigenvalue weighted by atomic mass is 10.1. The van der Waals surface area contributed by atoms with E-state index in [-0.39, 0.29) is 22.3 Å². The number of benzene rings is 1. The molecular formula is C19H11F6N7S. The van der Waals surface area contributed by atoms with Crippen LogP contribution in [0.1, 0.15) is 35.5 Å². The zero-order valence-electron chi connectivity index (χ0n) is 16.4. The summed E-state index contributed by atoms with van der Waals surface area (Å²) in [5, 5.41) is 15.5. The highest BCUT2D eigenvalue weighted by atomic mass is 32.1. The number of rotatable bonds is 4. The normalized spacial score (nSPS) is 13.2. The minimum absolute atomic E-state index is 0.0106. The van der Waals surface area contributed by atoms with E-state index in [1.807, 2.05) is 6.07 Å². The number of hydrogen-bond acceptors (Lipinski definition) is 7. The monoisotopic (exact) mass is 483 g/mol. The van der Waals surface area contributed by atoms with Crippen LogP contribution < -0.4 is 5.32 Å². The first kappa shape index (κ1) is 22.5. The number of nitrogens with one attached hydrogen (secondary N) is 1. The average molecular weight is 483 g/mol. The van der Waals surface area contributed by atoms with Crippen molar-refractivity contribution >= 4 is 27.4 Å². The summed E-state index contributed by atoms with van der Waals surface area (Å²) in [5.41, 5.74) is -3.15. The maximum atomic E-state index is 13.4. The van der Waals surface area contributed by atoms with Crippen LogP contribution in [0.15, 0.2) is 36.8 Å². The Morgan fingerprint density at radius 1 is 1.09 bits per heavy atom. The topological polar surface area (TPSA) is 92.3 Å². The van der Waals surface area contributed by atoms with Crippen molar-refractivity contribution in [3.05, 3.63) is 59.3 Å². The van der Waals surface area contributed by atoms with E-state index in [1.54, 1.807) is 6.92 Å². The van der Waals surface area contributed by atoms with Gasteiger partial charge in [0.1, 0.15) is 17.4 Å². The number of anilines is 1. The van der Waals surface area contributed by atoms with Gasteiger partial charge in [0.25, 0.3) is 0 Å². The van der Waals surface area contributed by atoms with Crippen molar-refractivity contribution in [2.75, 3.05) is 5.32 Å². The van der Waals surface area contributed by atoms with E-state index >= 15 is 0 Å². The van der Waals surface area contributed by atoms with Crippen molar-refractivity contribution < 1.29 is 26.3 Å². The smallest absolute Gasteiger partial charge is 0.365 e. The van der Waals surface area contributed by atoms with Crippen molar-refractivity contribution in [1.82, 2.24) is 24.1 Å². The van der Waals surface area contributed by atoms with Gasteiger partial charge in [-0.2, -0.15) is 45.8 Å². The maximum Gasteiger partial charge on any atom is 0.418 e. The van der Waals surface area contributed by atoms with Gasteiger partial charge >= 0.3 is 12.4 Å². The highest BCUT2D eigenvalue weighted by Gasteiger charge is 2.39. The molecule has 0 amide bonds. The van der Waals surface area contributed by atoms with Gasteiger partial charge in [-0.05, 0) is 42.7 Å². The summed E-state index contributed by atoms with van der Waals surface area (Å²) < 4.78 is 85.0. The van der Waals surface area contributed by atoms with Gasteiger partial charge in [0.2, 0.25) is 0 Å². The number of aromatic nitrogens is 5. The van der Waals surface area contributed by atoms with E-state index in [2.05, 4.69) is 24.8 Å². The second-order valence-corrected chi connectivity index (χ2v) is 7.61. The summed E-state index contributed by atoms with van der Waals surface area (Å²) in [7, 11) is 0. The maximum absolute atomic E-state index is 13.4. The lowest BCUT2D eigenvalue weighted by Gasteiger charge is -2.15. The van der Waals surface area contributed by atoms with Crippen LogP contribution in [0.5, 0.6) is 0 Å². The Hall–Kier alpha value is -3.73. The predicted octanol–water partition coefficient (Wildman–Crippen LogP) is 5.35. The minimum Gasteiger partial charge on any atom is -0.365 e. The van der Waals surface area contributed by atoms with E-state index in [0.29, 0.717) is 29.0 Å². The Morgan fingerprint density at radius 2 is 1.85 bits per heavy atom. The van der Waals surface area contributed by atoms with Crippen LogP contribution in [-0.4, -0.2) is 24.1 Å². The SMILES string of the molecule is CC(Nc1snc2c(C(F)(F)F)cc(C(F)(F)F)cc12)c1ncnn1-c1ccc(C#N)cn1. The van der Waals surface area contributed by atoms with E-state index in [4.69, 9.17) is 5.26 Å². The Kier molecular flexibility index (Phi) is 5.44. The van der Waals surface area contributed by atoms with Crippen LogP contribution in [0.2, 0.25) is 0 Å². The van der Waals surface area contributed by atoms with Gasteiger partial charge in [0.05, 0.1) is 28.2 Å². The zero-order chi connectivity index (χ0) is 24.0. The third-order valence-electron chi connectivity index (χ3n) is 4.62. The van der Waals surface area contributed by atoms with Gasteiger partial charge in [-0.25, -0.2) is 9.97 Å². The highest BCUT2D eigenvalue weighted by Crippen LogP contribution is 2.43. The second-order valence-electron chi connectivity index (χ2n) is 6.84. The molecule has 1 unspecified atom stereocenters. The molecule has 0 aliphatic rings. The van der Waals surface area contributed by atoms with Gasteiger partial charge in [-0.15, -0.1) is 0 Å². The van der Waals surface area contributed by atoms with Gasteiger partial charge in [-0.1, -0.05) is 0 Å². The molecule has 0 saturated carbocycles. The molecule has 0 fully saturated rings. The third-order valence-corrected chi connectivity index (χ3v) is 5.41. The minimum atomic E-state index is -5.02. The summed E-state index contributed by atoms with van der Waals surface area (Å²) in [6, 6.07) is 4.96. The molecule has 0 bridgehead atoms. The van der Waals surface area contributed by atoms with E-state index < -0.39 is 35.0 Å².